The predicted molar refractivity (Wildman–Crippen MR) is 121 cm³/mol. The number of carbonyl (C=O) groups is 2. The Morgan fingerprint density at radius 1 is 0.806 bits per heavy atom. The van der Waals surface area contributed by atoms with E-state index in [1.807, 2.05) is 43.3 Å². The van der Waals surface area contributed by atoms with Crippen LogP contribution in [0.4, 0.5) is 5.69 Å². The van der Waals surface area contributed by atoms with Gasteiger partial charge in [0, 0.05) is 17.8 Å². The normalized spacial score (nSPS) is 10.2. The van der Waals surface area contributed by atoms with E-state index >= 15 is 0 Å². The van der Waals surface area contributed by atoms with Crippen LogP contribution in [-0.4, -0.2) is 31.6 Å². The van der Waals surface area contributed by atoms with Crippen molar-refractivity contribution in [1.82, 2.24) is 5.32 Å². The minimum absolute atomic E-state index is 0.167. The van der Waals surface area contributed by atoms with E-state index in [1.54, 1.807) is 42.5 Å². The van der Waals surface area contributed by atoms with Crippen molar-refractivity contribution >= 4 is 17.5 Å². The van der Waals surface area contributed by atoms with E-state index in [-0.39, 0.29) is 11.8 Å². The molecule has 0 fully saturated rings. The summed E-state index contributed by atoms with van der Waals surface area (Å²) >= 11 is 0. The standard InChI is InChI=1S/C25H26N2O4/c1-2-15-26-24(28)19-9-8-10-20(18-19)27-25(29)22-13-6-7-14-23(22)31-17-16-30-21-11-4-3-5-12-21/h3-14,18H,2,15-17H2,1H3,(H,26,28)(H,27,29). The fourth-order valence-electron chi connectivity index (χ4n) is 2.89. The summed E-state index contributed by atoms with van der Waals surface area (Å²) in [6, 6.07) is 23.3. The van der Waals surface area contributed by atoms with Crippen molar-refractivity contribution in [3.63, 3.8) is 0 Å². The van der Waals surface area contributed by atoms with E-state index in [2.05, 4.69) is 10.6 Å². The molecule has 0 aromatic heterocycles. The third-order valence-corrected chi connectivity index (χ3v) is 4.40. The number of carbonyl (C=O) groups excluding carboxylic acids is 2. The lowest BCUT2D eigenvalue weighted by Gasteiger charge is -2.13. The molecule has 0 atom stereocenters. The summed E-state index contributed by atoms with van der Waals surface area (Å²) in [5, 5.41) is 5.66. The highest BCUT2D eigenvalue weighted by Crippen LogP contribution is 2.20. The van der Waals surface area contributed by atoms with Crippen LogP contribution in [0.2, 0.25) is 0 Å². The summed E-state index contributed by atoms with van der Waals surface area (Å²) in [6.45, 7) is 3.25. The van der Waals surface area contributed by atoms with Gasteiger partial charge in [-0.25, -0.2) is 0 Å². The highest BCUT2D eigenvalue weighted by Gasteiger charge is 2.13. The van der Waals surface area contributed by atoms with Gasteiger partial charge in [-0.05, 0) is 48.9 Å². The molecule has 2 amide bonds. The van der Waals surface area contributed by atoms with Gasteiger partial charge in [-0.2, -0.15) is 0 Å². The monoisotopic (exact) mass is 418 g/mol. The van der Waals surface area contributed by atoms with Crippen LogP contribution in [0.5, 0.6) is 11.5 Å². The second-order valence-corrected chi connectivity index (χ2v) is 6.80. The van der Waals surface area contributed by atoms with Crippen molar-refractivity contribution in [2.75, 3.05) is 25.1 Å². The molecule has 0 radical (unpaired) electrons. The number of hydrogen-bond donors (Lipinski definition) is 2. The van der Waals surface area contributed by atoms with Crippen LogP contribution in [0.1, 0.15) is 34.1 Å². The van der Waals surface area contributed by atoms with Crippen molar-refractivity contribution in [3.8, 4) is 11.5 Å². The average molecular weight is 418 g/mol. The molecular weight excluding hydrogens is 392 g/mol. The molecule has 0 aliphatic carbocycles. The van der Waals surface area contributed by atoms with E-state index in [0.29, 0.717) is 42.3 Å². The molecule has 0 spiro atoms. The van der Waals surface area contributed by atoms with Crippen LogP contribution in [-0.2, 0) is 0 Å². The maximum absolute atomic E-state index is 12.8. The maximum Gasteiger partial charge on any atom is 0.259 e. The van der Waals surface area contributed by atoms with Gasteiger partial charge < -0.3 is 20.1 Å². The Kier molecular flexibility index (Phi) is 8.05. The molecule has 3 aromatic carbocycles. The number of amides is 2. The van der Waals surface area contributed by atoms with Crippen LogP contribution in [0.3, 0.4) is 0 Å². The lowest BCUT2D eigenvalue weighted by molar-refractivity contribution is 0.0952. The Labute approximate surface area is 182 Å². The van der Waals surface area contributed by atoms with E-state index < -0.39 is 0 Å². The molecule has 3 rings (SSSR count). The van der Waals surface area contributed by atoms with Gasteiger partial charge in [0.1, 0.15) is 24.7 Å². The highest BCUT2D eigenvalue weighted by atomic mass is 16.5. The van der Waals surface area contributed by atoms with Crippen molar-refractivity contribution in [3.05, 3.63) is 90.0 Å². The van der Waals surface area contributed by atoms with E-state index in [0.717, 1.165) is 12.2 Å². The fraction of sp³-hybridized carbons (Fsp3) is 0.200. The number of hydrogen-bond acceptors (Lipinski definition) is 4. The largest absolute Gasteiger partial charge is 0.490 e. The molecule has 0 aliphatic rings. The van der Waals surface area contributed by atoms with Gasteiger partial charge in [-0.1, -0.05) is 43.3 Å². The summed E-state index contributed by atoms with van der Waals surface area (Å²) in [6.07, 6.45) is 0.856. The van der Waals surface area contributed by atoms with Crippen molar-refractivity contribution in [2.24, 2.45) is 0 Å². The Balaban J connectivity index is 1.60. The zero-order valence-corrected chi connectivity index (χ0v) is 17.5. The smallest absolute Gasteiger partial charge is 0.259 e. The van der Waals surface area contributed by atoms with Crippen LogP contribution >= 0.6 is 0 Å². The first-order chi connectivity index (χ1) is 15.2. The van der Waals surface area contributed by atoms with Crippen molar-refractivity contribution < 1.29 is 19.1 Å². The number of benzene rings is 3. The molecule has 0 aliphatic heterocycles. The number of para-hydroxylation sites is 2. The second kappa shape index (κ2) is 11.4. The predicted octanol–water partition coefficient (Wildman–Crippen LogP) is 4.54. The lowest BCUT2D eigenvalue weighted by Crippen LogP contribution is -2.24. The van der Waals surface area contributed by atoms with Gasteiger partial charge >= 0.3 is 0 Å². The molecule has 3 aromatic rings. The first-order valence-electron chi connectivity index (χ1n) is 10.3. The minimum atomic E-state index is -0.314. The second-order valence-electron chi connectivity index (χ2n) is 6.80. The highest BCUT2D eigenvalue weighted by molar-refractivity contribution is 6.06. The Bertz CT molecular complexity index is 1010. The third kappa shape index (κ3) is 6.60. The summed E-state index contributed by atoms with van der Waals surface area (Å²) in [4.78, 5) is 25.0. The van der Waals surface area contributed by atoms with Crippen LogP contribution < -0.4 is 20.1 Å². The first kappa shape index (κ1) is 21.9. The topological polar surface area (TPSA) is 76.7 Å². The number of nitrogens with one attached hydrogen (secondary N) is 2. The molecule has 6 nitrogen and oxygen atoms in total. The molecule has 31 heavy (non-hydrogen) atoms. The average Bonchev–Trinajstić information content (AvgIpc) is 2.81. The number of anilines is 1. The Morgan fingerprint density at radius 3 is 2.35 bits per heavy atom. The SMILES string of the molecule is CCCNC(=O)c1cccc(NC(=O)c2ccccc2OCCOc2ccccc2)c1. The van der Waals surface area contributed by atoms with Gasteiger partial charge in [0.25, 0.3) is 11.8 Å². The zero-order valence-electron chi connectivity index (χ0n) is 17.5. The summed E-state index contributed by atoms with van der Waals surface area (Å²) in [7, 11) is 0. The summed E-state index contributed by atoms with van der Waals surface area (Å²) < 4.78 is 11.4. The first-order valence-corrected chi connectivity index (χ1v) is 10.3. The van der Waals surface area contributed by atoms with E-state index in [4.69, 9.17) is 9.47 Å². The molecule has 0 heterocycles. The molecule has 0 saturated carbocycles. The van der Waals surface area contributed by atoms with Crippen LogP contribution in [0.15, 0.2) is 78.9 Å². The Morgan fingerprint density at radius 2 is 1.55 bits per heavy atom. The summed E-state index contributed by atoms with van der Waals surface area (Å²) in [5.74, 6) is 0.749. The quantitative estimate of drug-likeness (QED) is 0.474. The van der Waals surface area contributed by atoms with Crippen LogP contribution in [0, 0.1) is 0 Å². The number of rotatable bonds is 10. The molecule has 2 N–H and O–H groups in total. The minimum Gasteiger partial charge on any atom is -0.490 e. The molecule has 6 heteroatoms. The van der Waals surface area contributed by atoms with Crippen molar-refractivity contribution in [1.29, 1.82) is 0 Å². The maximum atomic E-state index is 12.8. The van der Waals surface area contributed by atoms with Gasteiger partial charge in [0.05, 0.1) is 5.56 Å². The Hall–Kier alpha value is -3.80. The van der Waals surface area contributed by atoms with Gasteiger partial charge in [-0.3, -0.25) is 9.59 Å². The van der Waals surface area contributed by atoms with Crippen molar-refractivity contribution in [2.45, 2.75) is 13.3 Å². The molecule has 160 valence electrons. The summed E-state index contributed by atoms with van der Waals surface area (Å²) in [5.41, 5.74) is 1.44. The zero-order chi connectivity index (χ0) is 21.9. The van der Waals surface area contributed by atoms with Gasteiger partial charge in [-0.15, -0.1) is 0 Å². The molecule has 0 bridgehead atoms. The third-order valence-electron chi connectivity index (χ3n) is 4.40. The lowest BCUT2D eigenvalue weighted by atomic mass is 10.1. The molecule has 0 saturated heterocycles. The van der Waals surface area contributed by atoms with Gasteiger partial charge in [0.2, 0.25) is 0 Å². The van der Waals surface area contributed by atoms with Crippen LogP contribution in [0.25, 0.3) is 0 Å². The van der Waals surface area contributed by atoms with E-state index in [1.165, 1.54) is 0 Å². The molecule has 0 unspecified atom stereocenters. The number of ether oxygens (including phenoxy) is 2. The van der Waals surface area contributed by atoms with Gasteiger partial charge in [0.15, 0.2) is 0 Å². The molecular formula is C25H26N2O4. The fourth-order valence-corrected chi connectivity index (χ4v) is 2.89. The van der Waals surface area contributed by atoms with E-state index in [9.17, 15) is 9.59 Å².